The number of nitrogens with zero attached hydrogens (tertiary/aromatic N) is 2. The van der Waals surface area contributed by atoms with Crippen molar-refractivity contribution in [3.8, 4) is 11.3 Å². The molecular formula is C11H9BrFN3. The number of benzene rings is 1. The van der Waals surface area contributed by atoms with Crippen LogP contribution in [0.15, 0.2) is 28.7 Å². The SMILES string of the molecule is Cc1nc(N)cc(-c2cc(Br)ccc2F)n1. The molecule has 1 heterocycles. The average Bonchev–Trinajstić information content (AvgIpc) is 2.20. The third kappa shape index (κ3) is 2.19. The van der Waals surface area contributed by atoms with Gasteiger partial charge in [0.05, 0.1) is 5.69 Å². The van der Waals surface area contributed by atoms with Crippen LogP contribution < -0.4 is 5.73 Å². The third-order valence-corrected chi connectivity index (χ3v) is 2.56. The Morgan fingerprint density at radius 1 is 1.25 bits per heavy atom. The molecule has 0 saturated carbocycles. The minimum absolute atomic E-state index is 0.333. The van der Waals surface area contributed by atoms with Gasteiger partial charge in [0, 0.05) is 16.1 Å². The lowest BCUT2D eigenvalue weighted by atomic mass is 10.1. The monoisotopic (exact) mass is 281 g/mol. The fourth-order valence-corrected chi connectivity index (χ4v) is 1.78. The molecular weight excluding hydrogens is 273 g/mol. The normalized spacial score (nSPS) is 10.4. The van der Waals surface area contributed by atoms with Gasteiger partial charge in [0.2, 0.25) is 0 Å². The summed E-state index contributed by atoms with van der Waals surface area (Å²) in [7, 11) is 0. The molecule has 0 bridgehead atoms. The number of halogens is 2. The number of nitrogens with two attached hydrogens (primary N) is 1. The van der Waals surface area contributed by atoms with E-state index in [1.807, 2.05) is 0 Å². The zero-order chi connectivity index (χ0) is 11.7. The second-order valence-corrected chi connectivity index (χ2v) is 4.27. The molecule has 0 unspecified atom stereocenters. The molecule has 0 saturated heterocycles. The summed E-state index contributed by atoms with van der Waals surface area (Å²) >= 11 is 3.29. The first-order chi connectivity index (χ1) is 7.56. The van der Waals surface area contributed by atoms with E-state index >= 15 is 0 Å². The van der Waals surface area contributed by atoms with Crippen LogP contribution in [0.2, 0.25) is 0 Å². The number of anilines is 1. The first-order valence-corrected chi connectivity index (χ1v) is 5.42. The Labute approximate surface area is 101 Å². The maximum atomic E-state index is 13.6. The van der Waals surface area contributed by atoms with Crippen molar-refractivity contribution < 1.29 is 4.39 Å². The summed E-state index contributed by atoms with van der Waals surface area (Å²) in [5.41, 5.74) is 6.50. The van der Waals surface area contributed by atoms with Gasteiger partial charge in [-0.15, -0.1) is 0 Å². The summed E-state index contributed by atoms with van der Waals surface area (Å²) in [5, 5.41) is 0. The van der Waals surface area contributed by atoms with E-state index in [0.29, 0.717) is 22.9 Å². The summed E-state index contributed by atoms with van der Waals surface area (Å²) < 4.78 is 14.4. The van der Waals surface area contributed by atoms with E-state index < -0.39 is 0 Å². The van der Waals surface area contributed by atoms with Crippen molar-refractivity contribution in [2.45, 2.75) is 6.92 Å². The van der Waals surface area contributed by atoms with Gasteiger partial charge in [0.1, 0.15) is 17.5 Å². The van der Waals surface area contributed by atoms with E-state index in [2.05, 4.69) is 25.9 Å². The van der Waals surface area contributed by atoms with Crippen LogP contribution in [0, 0.1) is 12.7 Å². The second-order valence-electron chi connectivity index (χ2n) is 3.35. The van der Waals surface area contributed by atoms with Gasteiger partial charge in [0.15, 0.2) is 0 Å². The number of rotatable bonds is 1. The number of nitrogen functional groups attached to an aromatic ring is 1. The van der Waals surface area contributed by atoms with Gasteiger partial charge in [-0.1, -0.05) is 15.9 Å². The molecule has 2 rings (SSSR count). The average molecular weight is 282 g/mol. The molecule has 3 nitrogen and oxygen atoms in total. The number of hydrogen-bond acceptors (Lipinski definition) is 3. The summed E-state index contributed by atoms with van der Waals surface area (Å²) in [6.07, 6.45) is 0. The Morgan fingerprint density at radius 2 is 2.00 bits per heavy atom. The quantitative estimate of drug-likeness (QED) is 0.874. The molecule has 0 spiro atoms. The lowest BCUT2D eigenvalue weighted by Crippen LogP contribution is -1.98. The van der Waals surface area contributed by atoms with Crippen LogP contribution in [-0.4, -0.2) is 9.97 Å². The lowest BCUT2D eigenvalue weighted by molar-refractivity contribution is 0.630. The molecule has 1 aromatic heterocycles. The van der Waals surface area contributed by atoms with Gasteiger partial charge in [0.25, 0.3) is 0 Å². The first kappa shape index (κ1) is 11.0. The number of hydrogen-bond donors (Lipinski definition) is 1. The van der Waals surface area contributed by atoms with Crippen molar-refractivity contribution in [1.29, 1.82) is 0 Å². The van der Waals surface area contributed by atoms with Crippen molar-refractivity contribution in [2.24, 2.45) is 0 Å². The Balaban J connectivity index is 2.62. The molecule has 2 N–H and O–H groups in total. The number of aromatic nitrogens is 2. The standard InChI is InChI=1S/C11H9BrFN3/c1-6-15-10(5-11(14)16-6)8-4-7(12)2-3-9(8)13/h2-5H,1H3,(H2,14,15,16). The molecule has 2 aromatic rings. The highest BCUT2D eigenvalue weighted by Crippen LogP contribution is 2.25. The lowest BCUT2D eigenvalue weighted by Gasteiger charge is -2.05. The highest BCUT2D eigenvalue weighted by atomic mass is 79.9. The number of aryl methyl sites for hydroxylation is 1. The van der Waals surface area contributed by atoms with E-state index in [-0.39, 0.29) is 5.82 Å². The molecule has 0 atom stereocenters. The van der Waals surface area contributed by atoms with Crippen molar-refractivity contribution in [2.75, 3.05) is 5.73 Å². The van der Waals surface area contributed by atoms with E-state index in [1.54, 1.807) is 25.1 Å². The third-order valence-electron chi connectivity index (χ3n) is 2.06. The predicted octanol–water partition coefficient (Wildman–Crippen LogP) is 2.94. The van der Waals surface area contributed by atoms with Crippen LogP contribution >= 0.6 is 15.9 Å². The summed E-state index contributed by atoms with van der Waals surface area (Å²) in [6, 6.07) is 6.23. The molecule has 82 valence electrons. The van der Waals surface area contributed by atoms with Crippen LogP contribution in [0.1, 0.15) is 5.82 Å². The molecule has 0 amide bonds. The highest BCUT2D eigenvalue weighted by Gasteiger charge is 2.08. The van der Waals surface area contributed by atoms with Crippen LogP contribution in [0.4, 0.5) is 10.2 Å². The molecule has 0 aliphatic carbocycles. The van der Waals surface area contributed by atoms with E-state index in [0.717, 1.165) is 4.47 Å². The largest absolute Gasteiger partial charge is 0.384 e. The van der Waals surface area contributed by atoms with Gasteiger partial charge < -0.3 is 5.73 Å². The molecule has 16 heavy (non-hydrogen) atoms. The summed E-state index contributed by atoms with van der Waals surface area (Å²) in [5.74, 6) is 0.525. The Bertz CT molecular complexity index is 522. The molecule has 0 radical (unpaired) electrons. The van der Waals surface area contributed by atoms with Crippen LogP contribution in [0.3, 0.4) is 0 Å². The Hall–Kier alpha value is -1.49. The van der Waals surface area contributed by atoms with E-state index in [4.69, 9.17) is 5.73 Å². The Morgan fingerprint density at radius 3 is 2.69 bits per heavy atom. The second kappa shape index (κ2) is 4.17. The zero-order valence-electron chi connectivity index (χ0n) is 8.54. The van der Waals surface area contributed by atoms with Crippen LogP contribution in [0.25, 0.3) is 11.3 Å². The predicted molar refractivity (Wildman–Crippen MR) is 64.3 cm³/mol. The van der Waals surface area contributed by atoms with Crippen molar-refractivity contribution in [1.82, 2.24) is 9.97 Å². The highest BCUT2D eigenvalue weighted by molar-refractivity contribution is 9.10. The van der Waals surface area contributed by atoms with Gasteiger partial charge in [-0.3, -0.25) is 0 Å². The fraction of sp³-hybridized carbons (Fsp3) is 0.0909. The van der Waals surface area contributed by atoms with Gasteiger partial charge in [-0.05, 0) is 25.1 Å². The minimum Gasteiger partial charge on any atom is -0.384 e. The van der Waals surface area contributed by atoms with E-state index in [9.17, 15) is 4.39 Å². The fourth-order valence-electron chi connectivity index (χ4n) is 1.42. The first-order valence-electron chi connectivity index (χ1n) is 4.63. The van der Waals surface area contributed by atoms with Gasteiger partial charge in [-0.25, -0.2) is 14.4 Å². The van der Waals surface area contributed by atoms with Gasteiger partial charge >= 0.3 is 0 Å². The molecule has 0 fully saturated rings. The summed E-state index contributed by atoms with van der Waals surface area (Å²) in [4.78, 5) is 8.10. The van der Waals surface area contributed by atoms with Crippen LogP contribution in [-0.2, 0) is 0 Å². The molecule has 0 aliphatic rings. The smallest absolute Gasteiger partial charge is 0.132 e. The maximum Gasteiger partial charge on any atom is 0.132 e. The minimum atomic E-state index is -0.333. The van der Waals surface area contributed by atoms with Crippen molar-refractivity contribution >= 4 is 21.7 Å². The molecule has 0 aliphatic heterocycles. The zero-order valence-corrected chi connectivity index (χ0v) is 10.1. The molecule has 1 aromatic carbocycles. The maximum absolute atomic E-state index is 13.6. The topological polar surface area (TPSA) is 51.8 Å². The summed E-state index contributed by atoms with van der Waals surface area (Å²) in [6.45, 7) is 1.72. The van der Waals surface area contributed by atoms with Crippen LogP contribution in [0.5, 0.6) is 0 Å². The molecule has 5 heteroatoms. The van der Waals surface area contributed by atoms with Crippen molar-refractivity contribution in [3.05, 3.63) is 40.4 Å². The Kier molecular flexibility index (Phi) is 2.87. The van der Waals surface area contributed by atoms with E-state index in [1.165, 1.54) is 6.07 Å². The van der Waals surface area contributed by atoms with Gasteiger partial charge in [-0.2, -0.15) is 0 Å². The van der Waals surface area contributed by atoms with Crippen molar-refractivity contribution in [3.63, 3.8) is 0 Å².